The lowest BCUT2D eigenvalue weighted by atomic mass is 9.99. The van der Waals surface area contributed by atoms with Crippen molar-refractivity contribution in [1.29, 1.82) is 0 Å². The average Bonchev–Trinajstić information content (AvgIpc) is 3.18. The van der Waals surface area contributed by atoms with Crippen LogP contribution in [0.15, 0.2) is 95.8 Å². The molecule has 3 nitrogen and oxygen atoms in total. The summed E-state index contributed by atoms with van der Waals surface area (Å²) in [5.74, 6) is 0. The fraction of sp³-hybridized carbons (Fsp3) is 0. The summed E-state index contributed by atoms with van der Waals surface area (Å²) >= 11 is 1.64. The van der Waals surface area contributed by atoms with Gasteiger partial charge in [-0.2, -0.15) is 0 Å². The maximum atomic E-state index is 12.8. The zero-order chi connectivity index (χ0) is 20.1. The molecule has 0 unspecified atom stereocenters. The summed E-state index contributed by atoms with van der Waals surface area (Å²) in [4.78, 5) is 21.9. The Bertz CT molecular complexity index is 1600. The van der Waals surface area contributed by atoms with Gasteiger partial charge in [0, 0.05) is 21.7 Å². The molecule has 0 spiro atoms. The van der Waals surface area contributed by atoms with Crippen LogP contribution in [0.3, 0.4) is 0 Å². The molecular weight excluding hydrogens is 388 g/mol. The number of hydrogen-bond acceptors (Lipinski definition) is 3. The zero-order valence-corrected chi connectivity index (χ0v) is 16.7. The first-order valence-corrected chi connectivity index (χ1v) is 10.6. The number of nitrogens with zero attached hydrogens (tertiary/aromatic N) is 1. The predicted molar refractivity (Wildman–Crippen MR) is 126 cm³/mol. The molecule has 0 bridgehead atoms. The summed E-state index contributed by atoms with van der Waals surface area (Å²) in [6.07, 6.45) is 0. The molecule has 0 amide bonds. The van der Waals surface area contributed by atoms with Gasteiger partial charge in [0.15, 0.2) is 0 Å². The van der Waals surface area contributed by atoms with Crippen LogP contribution in [0.4, 0.5) is 0 Å². The Morgan fingerprint density at radius 1 is 0.733 bits per heavy atom. The Hall–Kier alpha value is -3.76. The summed E-state index contributed by atoms with van der Waals surface area (Å²) in [6, 6.07) is 30.4. The number of thiophene rings is 1. The maximum absolute atomic E-state index is 12.8. The number of benzene rings is 3. The van der Waals surface area contributed by atoms with Crippen LogP contribution in [0.5, 0.6) is 0 Å². The van der Waals surface area contributed by atoms with Gasteiger partial charge in [-0.15, -0.1) is 11.3 Å². The van der Waals surface area contributed by atoms with Gasteiger partial charge in [0.1, 0.15) is 4.83 Å². The van der Waals surface area contributed by atoms with E-state index < -0.39 is 0 Å². The van der Waals surface area contributed by atoms with E-state index >= 15 is 0 Å². The number of H-pyrrole nitrogens is 1. The number of nitrogens with one attached hydrogen (secondary N) is 1. The van der Waals surface area contributed by atoms with Gasteiger partial charge in [-0.1, -0.05) is 78.9 Å². The molecule has 4 heteroatoms. The topological polar surface area (TPSA) is 45.8 Å². The van der Waals surface area contributed by atoms with E-state index in [0.717, 1.165) is 48.2 Å². The van der Waals surface area contributed by atoms with Crippen LogP contribution >= 0.6 is 11.3 Å². The minimum atomic E-state index is -0.0658. The molecule has 0 aliphatic carbocycles. The van der Waals surface area contributed by atoms with E-state index in [2.05, 4.69) is 35.3 Å². The molecule has 3 aromatic heterocycles. The maximum Gasteiger partial charge on any atom is 0.256 e. The lowest BCUT2D eigenvalue weighted by Crippen LogP contribution is -2.05. The molecule has 0 saturated heterocycles. The zero-order valence-electron chi connectivity index (χ0n) is 15.9. The third kappa shape index (κ3) is 2.58. The van der Waals surface area contributed by atoms with Gasteiger partial charge < -0.3 is 4.98 Å². The van der Waals surface area contributed by atoms with Crippen LogP contribution in [0.1, 0.15) is 0 Å². The molecular formula is C26H16N2OS. The van der Waals surface area contributed by atoms with E-state index in [1.54, 1.807) is 11.3 Å². The predicted octanol–water partition coefficient (Wildman–Crippen LogP) is 6.63. The van der Waals surface area contributed by atoms with Crippen LogP contribution in [0.2, 0.25) is 0 Å². The molecule has 142 valence electrons. The van der Waals surface area contributed by atoms with Crippen molar-refractivity contribution in [3.63, 3.8) is 0 Å². The lowest BCUT2D eigenvalue weighted by molar-refractivity contribution is 1.36. The van der Waals surface area contributed by atoms with Crippen LogP contribution in [-0.4, -0.2) is 9.97 Å². The number of hydrogen-bond donors (Lipinski definition) is 1. The summed E-state index contributed by atoms with van der Waals surface area (Å²) < 4.78 is 1.06. The van der Waals surface area contributed by atoms with E-state index in [-0.39, 0.29) is 5.56 Å². The molecule has 0 atom stereocenters. The van der Waals surface area contributed by atoms with Gasteiger partial charge >= 0.3 is 0 Å². The standard InChI is InChI=1S/C26H16N2OS/c29-25-19-14-8-7-13-18(19)24-23(28-25)22-20(16-9-3-1-4-10-16)15-21(27-26(22)30-24)17-11-5-2-6-12-17/h1-15H,(H,28,29). The third-order valence-corrected chi connectivity index (χ3v) is 6.59. The van der Waals surface area contributed by atoms with Crippen LogP contribution in [0, 0.1) is 0 Å². The highest BCUT2D eigenvalue weighted by Gasteiger charge is 2.18. The Balaban J connectivity index is 1.80. The largest absolute Gasteiger partial charge is 0.320 e. The first kappa shape index (κ1) is 17.1. The highest BCUT2D eigenvalue weighted by Crippen LogP contribution is 2.41. The molecule has 0 fully saturated rings. The molecule has 6 aromatic rings. The summed E-state index contributed by atoms with van der Waals surface area (Å²) in [5, 5.41) is 2.68. The molecule has 0 aliphatic heterocycles. The molecule has 30 heavy (non-hydrogen) atoms. The number of pyridine rings is 2. The summed E-state index contributed by atoms with van der Waals surface area (Å²) in [5.41, 5.74) is 4.99. The van der Waals surface area contributed by atoms with Crippen molar-refractivity contribution in [2.45, 2.75) is 0 Å². The molecule has 0 saturated carbocycles. The van der Waals surface area contributed by atoms with Crippen LogP contribution < -0.4 is 5.56 Å². The van der Waals surface area contributed by atoms with E-state index in [1.807, 2.05) is 60.7 Å². The number of rotatable bonds is 2. The normalized spacial score (nSPS) is 11.5. The highest BCUT2D eigenvalue weighted by atomic mass is 32.1. The van der Waals surface area contributed by atoms with E-state index in [1.165, 1.54) is 0 Å². The molecule has 3 heterocycles. The Morgan fingerprint density at radius 3 is 2.10 bits per heavy atom. The lowest BCUT2D eigenvalue weighted by Gasteiger charge is -2.08. The first-order valence-electron chi connectivity index (χ1n) is 9.79. The Labute approximate surface area is 176 Å². The molecule has 3 aromatic carbocycles. The van der Waals surface area contributed by atoms with E-state index in [4.69, 9.17) is 4.98 Å². The monoisotopic (exact) mass is 404 g/mol. The first-order chi connectivity index (χ1) is 14.8. The molecule has 0 aliphatic rings. The van der Waals surface area contributed by atoms with E-state index in [0.29, 0.717) is 5.39 Å². The second-order valence-corrected chi connectivity index (χ2v) is 8.27. The number of aromatic amines is 1. The van der Waals surface area contributed by atoms with Crippen molar-refractivity contribution in [2.24, 2.45) is 0 Å². The van der Waals surface area contributed by atoms with Gasteiger partial charge in [0.2, 0.25) is 0 Å². The SMILES string of the molecule is O=c1[nH]c2c(sc3nc(-c4ccccc4)cc(-c4ccccc4)c32)c2ccccc12. The summed E-state index contributed by atoms with van der Waals surface area (Å²) in [7, 11) is 0. The fourth-order valence-corrected chi connectivity index (χ4v) is 5.26. The van der Waals surface area contributed by atoms with Gasteiger partial charge in [-0.25, -0.2) is 4.98 Å². The Kier molecular flexibility index (Phi) is 3.79. The second-order valence-electron chi connectivity index (χ2n) is 7.27. The minimum Gasteiger partial charge on any atom is -0.320 e. The van der Waals surface area contributed by atoms with E-state index in [9.17, 15) is 4.79 Å². The fourth-order valence-electron chi connectivity index (χ4n) is 4.07. The smallest absolute Gasteiger partial charge is 0.256 e. The highest BCUT2D eigenvalue weighted by molar-refractivity contribution is 7.26. The van der Waals surface area contributed by atoms with Crippen molar-refractivity contribution in [3.05, 3.63) is 101 Å². The quantitative estimate of drug-likeness (QED) is 0.352. The Morgan fingerprint density at radius 2 is 1.37 bits per heavy atom. The number of fused-ring (bicyclic) bond motifs is 5. The van der Waals surface area contributed by atoms with Crippen LogP contribution in [-0.2, 0) is 0 Å². The van der Waals surface area contributed by atoms with Crippen molar-refractivity contribution >= 4 is 42.5 Å². The van der Waals surface area contributed by atoms with Crippen molar-refractivity contribution in [1.82, 2.24) is 9.97 Å². The molecule has 6 rings (SSSR count). The molecule has 0 radical (unpaired) electrons. The van der Waals surface area contributed by atoms with Gasteiger partial charge in [-0.3, -0.25) is 4.79 Å². The number of aromatic nitrogens is 2. The third-order valence-electron chi connectivity index (χ3n) is 5.47. The van der Waals surface area contributed by atoms with Crippen LogP contribution in [0.25, 0.3) is 53.6 Å². The van der Waals surface area contributed by atoms with Crippen molar-refractivity contribution in [2.75, 3.05) is 0 Å². The van der Waals surface area contributed by atoms with Gasteiger partial charge in [0.05, 0.1) is 15.9 Å². The average molecular weight is 404 g/mol. The van der Waals surface area contributed by atoms with Gasteiger partial charge in [-0.05, 0) is 23.3 Å². The second kappa shape index (κ2) is 6.65. The minimum absolute atomic E-state index is 0.0658. The molecule has 1 N–H and O–H groups in total. The van der Waals surface area contributed by atoms with Crippen molar-refractivity contribution in [3.8, 4) is 22.4 Å². The van der Waals surface area contributed by atoms with Crippen molar-refractivity contribution < 1.29 is 0 Å². The van der Waals surface area contributed by atoms with Gasteiger partial charge in [0.25, 0.3) is 5.56 Å². The summed E-state index contributed by atoms with van der Waals surface area (Å²) in [6.45, 7) is 0.